The third kappa shape index (κ3) is 8.21. The molecule has 31 heavy (non-hydrogen) atoms. The predicted molar refractivity (Wildman–Crippen MR) is 119 cm³/mol. The lowest BCUT2D eigenvalue weighted by Gasteiger charge is -2.34. The molecule has 0 spiro atoms. The molecule has 1 unspecified atom stereocenters. The largest absolute Gasteiger partial charge is 0.379 e. The first-order valence-electron chi connectivity index (χ1n) is 10.6. The van der Waals surface area contributed by atoms with Gasteiger partial charge in [-0.05, 0) is 77.4 Å². The first-order chi connectivity index (χ1) is 14.6. The molecule has 0 saturated carbocycles. The van der Waals surface area contributed by atoms with Crippen molar-refractivity contribution >= 4 is 27.5 Å². The van der Waals surface area contributed by atoms with Gasteiger partial charge in [-0.15, -0.1) is 0 Å². The molecule has 0 bridgehead atoms. The Morgan fingerprint density at radius 2 is 1.77 bits per heavy atom. The molecule has 1 aromatic carbocycles. The molecule has 1 aliphatic rings. The molecule has 1 fully saturated rings. The fourth-order valence-electron chi connectivity index (χ4n) is 3.44. The minimum Gasteiger partial charge on any atom is -0.379 e. The van der Waals surface area contributed by atoms with Crippen molar-refractivity contribution in [3.05, 3.63) is 24.3 Å². The number of hydrogen-bond acceptors (Lipinski definition) is 6. The molecule has 1 aromatic rings. The number of ether oxygens (including phenoxy) is 1. The monoisotopic (exact) mass is 454 g/mol. The van der Waals surface area contributed by atoms with E-state index in [1.54, 1.807) is 0 Å². The van der Waals surface area contributed by atoms with E-state index in [0.717, 1.165) is 6.42 Å². The molecule has 1 heterocycles. The molecule has 174 valence electrons. The number of carbonyl (C=O) groups excluding carboxylic acids is 2. The smallest absolute Gasteiger partial charge is 0.241 e. The van der Waals surface area contributed by atoms with Crippen molar-refractivity contribution in [2.75, 3.05) is 31.6 Å². The third-order valence-corrected chi connectivity index (χ3v) is 6.28. The van der Waals surface area contributed by atoms with Gasteiger partial charge in [-0.1, -0.05) is 0 Å². The van der Waals surface area contributed by atoms with Crippen LogP contribution in [0.4, 0.5) is 5.69 Å². The minimum absolute atomic E-state index is 0.00801. The van der Waals surface area contributed by atoms with Crippen LogP contribution in [0.3, 0.4) is 0 Å². The van der Waals surface area contributed by atoms with Crippen molar-refractivity contribution in [2.45, 2.75) is 57.1 Å². The van der Waals surface area contributed by atoms with Crippen molar-refractivity contribution in [1.29, 1.82) is 0 Å². The number of nitrogens with zero attached hydrogens (tertiary/aromatic N) is 1. The summed E-state index contributed by atoms with van der Waals surface area (Å²) < 4.78 is 28.1. The van der Waals surface area contributed by atoms with Crippen LogP contribution in [0.15, 0.2) is 29.2 Å². The summed E-state index contributed by atoms with van der Waals surface area (Å²) in [5, 5.41) is 10.8. The van der Waals surface area contributed by atoms with E-state index in [0.29, 0.717) is 44.8 Å². The van der Waals surface area contributed by atoms with Crippen molar-refractivity contribution < 1.29 is 22.7 Å². The van der Waals surface area contributed by atoms with Crippen LogP contribution in [-0.4, -0.2) is 63.5 Å². The molecule has 9 nitrogen and oxygen atoms in total. The molecule has 2 amide bonds. The van der Waals surface area contributed by atoms with Gasteiger partial charge >= 0.3 is 0 Å². The first kappa shape index (κ1) is 25.3. The van der Waals surface area contributed by atoms with Crippen molar-refractivity contribution in [3.63, 3.8) is 0 Å². The summed E-state index contributed by atoms with van der Waals surface area (Å²) >= 11 is 0. The van der Waals surface area contributed by atoms with E-state index >= 15 is 0 Å². The predicted octanol–water partition coefficient (Wildman–Crippen LogP) is 1.30. The lowest BCUT2D eigenvalue weighted by atomic mass is 9.95. The Bertz CT molecular complexity index is 834. The summed E-state index contributed by atoms with van der Waals surface area (Å²) in [6, 6.07) is 5.36. The maximum absolute atomic E-state index is 12.6. The number of anilines is 1. The highest BCUT2D eigenvalue weighted by molar-refractivity contribution is 7.89. The van der Waals surface area contributed by atoms with Gasteiger partial charge in [0, 0.05) is 24.8 Å². The van der Waals surface area contributed by atoms with Gasteiger partial charge in [0.1, 0.15) is 0 Å². The van der Waals surface area contributed by atoms with Crippen LogP contribution >= 0.6 is 0 Å². The summed E-state index contributed by atoms with van der Waals surface area (Å²) in [6.45, 7) is 8.35. The van der Waals surface area contributed by atoms with Crippen LogP contribution in [0.1, 0.15) is 40.0 Å². The Balaban J connectivity index is 1.75. The average molecular weight is 455 g/mol. The first-order valence-corrected chi connectivity index (χ1v) is 12.2. The molecule has 1 atom stereocenters. The molecule has 4 N–H and O–H groups in total. The molecule has 10 heteroatoms. The van der Waals surface area contributed by atoms with Crippen LogP contribution in [0, 0.1) is 5.92 Å². The van der Waals surface area contributed by atoms with Gasteiger partial charge in [0.2, 0.25) is 21.8 Å². The van der Waals surface area contributed by atoms with Crippen molar-refractivity contribution in [1.82, 2.24) is 10.2 Å². The van der Waals surface area contributed by atoms with E-state index in [1.807, 2.05) is 25.7 Å². The number of primary sulfonamides is 1. The number of benzene rings is 1. The number of nitrogens with two attached hydrogens (primary N) is 1. The molecule has 1 aliphatic heterocycles. The zero-order valence-electron chi connectivity index (χ0n) is 18.5. The molecule has 0 aliphatic carbocycles. The van der Waals surface area contributed by atoms with Gasteiger partial charge in [-0.3, -0.25) is 14.5 Å². The van der Waals surface area contributed by atoms with Crippen molar-refractivity contribution in [2.24, 2.45) is 11.1 Å². The van der Waals surface area contributed by atoms with E-state index < -0.39 is 10.0 Å². The van der Waals surface area contributed by atoms with E-state index in [4.69, 9.17) is 9.88 Å². The van der Waals surface area contributed by atoms with Crippen LogP contribution in [0.2, 0.25) is 0 Å². The summed E-state index contributed by atoms with van der Waals surface area (Å²) in [5.74, 6) is -0.157. The van der Waals surface area contributed by atoms with Gasteiger partial charge in [0.25, 0.3) is 0 Å². The van der Waals surface area contributed by atoms with Crippen LogP contribution in [0.25, 0.3) is 0 Å². The molecule has 1 saturated heterocycles. The maximum atomic E-state index is 12.6. The Hall–Kier alpha value is -2.01. The highest BCUT2D eigenvalue weighted by atomic mass is 32.2. The number of amides is 2. The number of rotatable bonds is 10. The third-order valence-electron chi connectivity index (χ3n) is 5.35. The van der Waals surface area contributed by atoms with Crippen LogP contribution < -0.4 is 15.8 Å². The second-order valence-electron chi connectivity index (χ2n) is 8.11. The topological polar surface area (TPSA) is 131 Å². The Kier molecular flexibility index (Phi) is 9.42. The van der Waals surface area contributed by atoms with Gasteiger partial charge in [0.15, 0.2) is 0 Å². The van der Waals surface area contributed by atoms with Gasteiger partial charge < -0.3 is 15.4 Å². The highest BCUT2D eigenvalue weighted by Crippen LogP contribution is 2.20. The number of piperidine rings is 1. The van der Waals surface area contributed by atoms with Crippen molar-refractivity contribution in [3.8, 4) is 0 Å². The highest BCUT2D eigenvalue weighted by Gasteiger charge is 2.29. The Labute approximate surface area is 184 Å². The average Bonchev–Trinajstić information content (AvgIpc) is 2.72. The maximum Gasteiger partial charge on any atom is 0.241 e. The standard InChI is InChI=1S/C21H34N4O5S/c1-15(2)30-14-4-11-23-21(27)17-9-12-25(13-10-17)16(3)20(26)24-18-5-7-19(8-6-18)31(22,28)29/h5-8,15-17H,4,9-14H2,1-3H3,(H,23,27)(H,24,26)(H2,22,28,29). The number of likely N-dealkylation sites (tertiary alicyclic amines) is 1. The van der Waals surface area contributed by atoms with Crippen LogP contribution in [0.5, 0.6) is 0 Å². The normalized spacial score (nSPS) is 16.8. The Morgan fingerprint density at radius 1 is 1.16 bits per heavy atom. The lowest BCUT2D eigenvalue weighted by molar-refractivity contribution is -0.127. The zero-order valence-corrected chi connectivity index (χ0v) is 19.3. The Morgan fingerprint density at radius 3 is 2.32 bits per heavy atom. The number of hydrogen-bond donors (Lipinski definition) is 3. The van der Waals surface area contributed by atoms with E-state index in [-0.39, 0.29) is 34.8 Å². The number of nitrogens with one attached hydrogen (secondary N) is 2. The molecule has 2 rings (SSSR count). The molecular formula is C21H34N4O5S. The lowest BCUT2D eigenvalue weighted by Crippen LogP contribution is -2.48. The molecule has 0 aromatic heterocycles. The zero-order chi connectivity index (χ0) is 23.0. The van der Waals surface area contributed by atoms with Gasteiger partial charge in [-0.2, -0.15) is 0 Å². The van der Waals surface area contributed by atoms with Gasteiger partial charge in [-0.25, -0.2) is 13.6 Å². The summed E-state index contributed by atoms with van der Waals surface area (Å²) in [5.41, 5.74) is 0.500. The summed E-state index contributed by atoms with van der Waals surface area (Å²) in [4.78, 5) is 27.0. The fourth-order valence-corrected chi connectivity index (χ4v) is 3.95. The second-order valence-corrected chi connectivity index (χ2v) is 9.67. The number of carbonyl (C=O) groups is 2. The second kappa shape index (κ2) is 11.6. The van der Waals surface area contributed by atoms with Gasteiger partial charge in [0.05, 0.1) is 17.0 Å². The fraction of sp³-hybridized carbons (Fsp3) is 0.619. The van der Waals surface area contributed by atoms with E-state index in [2.05, 4.69) is 10.6 Å². The molecular weight excluding hydrogens is 420 g/mol. The molecule has 0 radical (unpaired) electrons. The quantitative estimate of drug-likeness (QED) is 0.457. The van der Waals surface area contributed by atoms with E-state index in [1.165, 1.54) is 24.3 Å². The van der Waals surface area contributed by atoms with E-state index in [9.17, 15) is 18.0 Å². The number of sulfonamides is 1. The SMILES string of the molecule is CC(C)OCCCNC(=O)C1CCN(C(C)C(=O)Nc2ccc(S(N)(=O)=O)cc2)CC1. The summed E-state index contributed by atoms with van der Waals surface area (Å²) in [6.07, 6.45) is 2.39. The minimum atomic E-state index is -3.77. The summed E-state index contributed by atoms with van der Waals surface area (Å²) in [7, 11) is -3.77. The van der Waals surface area contributed by atoms with Crippen LogP contribution in [-0.2, 0) is 24.3 Å².